The molecule has 1 amide bonds. The highest BCUT2D eigenvalue weighted by atomic mass is 19.1. The number of morpholine rings is 1. The standard InChI is InChI=1S/C14H19FN2O3.C2H7N.C2H6/c1-3-20-14(18)16(2)11-4-5-13(12(15)10-11)17-6-8-19-9-7-17;1-2-3;1-2/h4-5,10H,3,6-9H2,1-2H3;2-3H2,1H3;1-2H3. The first-order valence-electron chi connectivity index (χ1n) is 8.77. The molecule has 0 bridgehead atoms. The summed E-state index contributed by atoms with van der Waals surface area (Å²) < 4.78 is 24.3. The van der Waals surface area contributed by atoms with Gasteiger partial charge in [-0.2, -0.15) is 0 Å². The van der Waals surface area contributed by atoms with Crippen molar-refractivity contribution in [2.24, 2.45) is 5.73 Å². The van der Waals surface area contributed by atoms with Gasteiger partial charge in [0.2, 0.25) is 0 Å². The first kappa shape index (κ1) is 23.1. The third kappa shape index (κ3) is 7.70. The molecule has 0 aliphatic carbocycles. The number of amides is 1. The lowest BCUT2D eigenvalue weighted by molar-refractivity contribution is 0.122. The van der Waals surface area contributed by atoms with E-state index < -0.39 is 6.09 Å². The normalized spacial score (nSPS) is 13.0. The summed E-state index contributed by atoms with van der Waals surface area (Å²) in [5.74, 6) is -0.347. The zero-order valence-corrected chi connectivity index (χ0v) is 16.0. The molecule has 0 atom stereocenters. The zero-order valence-electron chi connectivity index (χ0n) is 16.0. The number of halogens is 1. The van der Waals surface area contributed by atoms with Gasteiger partial charge in [-0.25, -0.2) is 9.18 Å². The molecule has 1 aromatic carbocycles. The lowest BCUT2D eigenvalue weighted by atomic mass is 10.2. The Hall–Kier alpha value is -1.86. The number of benzene rings is 1. The lowest BCUT2D eigenvalue weighted by Gasteiger charge is -2.29. The highest BCUT2D eigenvalue weighted by Crippen LogP contribution is 2.25. The Morgan fingerprint density at radius 1 is 1.32 bits per heavy atom. The van der Waals surface area contributed by atoms with Crippen LogP contribution in [-0.4, -0.2) is 52.6 Å². The number of nitrogens with zero attached hydrogens (tertiary/aromatic N) is 2. The average Bonchev–Trinajstić information content (AvgIpc) is 2.64. The second kappa shape index (κ2) is 13.4. The van der Waals surface area contributed by atoms with Gasteiger partial charge in [0.15, 0.2) is 0 Å². The van der Waals surface area contributed by atoms with Gasteiger partial charge < -0.3 is 20.1 Å². The van der Waals surface area contributed by atoms with Gasteiger partial charge in [0.05, 0.1) is 25.5 Å². The van der Waals surface area contributed by atoms with Crippen LogP contribution in [0.2, 0.25) is 0 Å². The number of nitrogens with two attached hydrogens (primary N) is 1. The van der Waals surface area contributed by atoms with Gasteiger partial charge in [-0.1, -0.05) is 20.8 Å². The van der Waals surface area contributed by atoms with Crippen LogP contribution in [0.5, 0.6) is 0 Å². The molecule has 0 saturated carbocycles. The molecular weight excluding hydrogens is 325 g/mol. The minimum absolute atomic E-state index is 0.289. The Morgan fingerprint density at radius 2 is 1.88 bits per heavy atom. The maximum absolute atomic E-state index is 14.2. The number of carbonyl (C=O) groups excluding carboxylic acids is 1. The van der Waals surface area contributed by atoms with E-state index in [2.05, 4.69) is 0 Å². The molecule has 1 fully saturated rings. The van der Waals surface area contributed by atoms with E-state index in [0.29, 0.717) is 37.7 Å². The molecule has 1 aliphatic rings. The summed E-state index contributed by atoms with van der Waals surface area (Å²) in [5, 5.41) is 0. The first-order chi connectivity index (χ1) is 12.0. The van der Waals surface area contributed by atoms with E-state index in [4.69, 9.17) is 15.2 Å². The summed E-state index contributed by atoms with van der Waals surface area (Å²) in [6.07, 6.45) is -0.494. The van der Waals surface area contributed by atoms with Gasteiger partial charge in [-0.15, -0.1) is 0 Å². The predicted octanol–water partition coefficient (Wildman–Crippen LogP) is 3.25. The summed E-state index contributed by atoms with van der Waals surface area (Å²) in [5.41, 5.74) is 5.85. The molecule has 144 valence electrons. The van der Waals surface area contributed by atoms with E-state index in [1.54, 1.807) is 26.1 Å². The highest BCUT2D eigenvalue weighted by Gasteiger charge is 2.18. The minimum atomic E-state index is -0.494. The van der Waals surface area contributed by atoms with Crippen molar-refractivity contribution in [2.45, 2.75) is 27.7 Å². The molecule has 0 aromatic heterocycles. The van der Waals surface area contributed by atoms with Crippen LogP contribution in [0.25, 0.3) is 0 Å². The van der Waals surface area contributed by atoms with Crippen LogP contribution in [0.4, 0.5) is 20.6 Å². The van der Waals surface area contributed by atoms with Crippen molar-refractivity contribution in [3.05, 3.63) is 24.0 Å². The van der Waals surface area contributed by atoms with Gasteiger partial charge in [-0.3, -0.25) is 4.90 Å². The van der Waals surface area contributed by atoms with E-state index in [-0.39, 0.29) is 12.4 Å². The van der Waals surface area contributed by atoms with Gasteiger partial charge in [0, 0.05) is 25.8 Å². The van der Waals surface area contributed by atoms with Crippen molar-refractivity contribution >= 4 is 17.5 Å². The van der Waals surface area contributed by atoms with Crippen LogP contribution < -0.4 is 15.5 Å². The van der Waals surface area contributed by atoms with Crippen molar-refractivity contribution in [1.82, 2.24) is 0 Å². The predicted molar refractivity (Wildman–Crippen MR) is 101 cm³/mol. The first-order valence-corrected chi connectivity index (χ1v) is 8.77. The number of hydrogen-bond acceptors (Lipinski definition) is 5. The van der Waals surface area contributed by atoms with E-state index in [1.807, 2.05) is 25.7 Å². The van der Waals surface area contributed by atoms with Gasteiger partial charge >= 0.3 is 6.09 Å². The third-order valence-electron chi connectivity index (χ3n) is 3.21. The number of hydrogen-bond donors (Lipinski definition) is 1. The fourth-order valence-corrected chi connectivity index (χ4v) is 2.09. The summed E-state index contributed by atoms with van der Waals surface area (Å²) in [4.78, 5) is 14.8. The topological polar surface area (TPSA) is 68.0 Å². The quantitative estimate of drug-likeness (QED) is 0.899. The van der Waals surface area contributed by atoms with Crippen molar-refractivity contribution in [1.29, 1.82) is 0 Å². The lowest BCUT2D eigenvalue weighted by Crippen LogP contribution is -2.36. The van der Waals surface area contributed by atoms with E-state index in [9.17, 15) is 9.18 Å². The Balaban J connectivity index is 0.00000104. The second-order valence-electron chi connectivity index (χ2n) is 4.90. The maximum atomic E-state index is 14.2. The molecule has 7 heteroatoms. The maximum Gasteiger partial charge on any atom is 0.413 e. The summed E-state index contributed by atoms with van der Waals surface area (Å²) in [6, 6.07) is 4.75. The van der Waals surface area contributed by atoms with Crippen LogP contribution in [0.15, 0.2) is 18.2 Å². The largest absolute Gasteiger partial charge is 0.449 e. The highest BCUT2D eigenvalue weighted by molar-refractivity contribution is 5.87. The summed E-state index contributed by atoms with van der Waals surface area (Å²) in [7, 11) is 1.56. The summed E-state index contributed by atoms with van der Waals surface area (Å²) in [6.45, 7) is 11.2. The third-order valence-corrected chi connectivity index (χ3v) is 3.21. The Kier molecular flexibility index (Phi) is 12.4. The van der Waals surface area contributed by atoms with Crippen LogP contribution >= 0.6 is 0 Å². The van der Waals surface area contributed by atoms with Crippen molar-refractivity contribution < 1.29 is 18.7 Å². The molecule has 1 heterocycles. The molecule has 0 spiro atoms. The Morgan fingerprint density at radius 3 is 2.36 bits per heavy atom. The molecule has 1 saturated heterocycles. The SMILES string of the molecule is CC.CCN.CCOC(=O)N(C)c1ccc(N2CCOCC2)c(F)c1. The molecule has 25 heavy (non-hydrogen) atoms. The van der Waals surface area contributed by atoms with Crippen LogP contribution in [0.3, 0.4) is 0 Å². The molecule has 0 radical (unpaired) electrons. The minimum Gasteiger partial charge on any atom is -0.449 e. The number of rotatable bonds is 3. The smallest absolute Gasteiger partial charge is 0.413 e. The van der Waals surface area contributed by atoms with Gasteiger partial charge in [-0.05, 0) is 31.7 Å². The van der Waals surface area contributed by atoms with Crippen LogP contribution in [0.1, 0.15) is 27.7 Å². The molecule has 2 N–H and O–H groups in total. The van der Waals surface area contributed by atoms with Gasteiger partial charge in [0.25, 0.3) is 0 Å². The number of carbonyl (C=O) groups is 1. The summed E-state index contributed by atoms with van der Waals surface area (Å²) >= 11 is 0. The zero-order chi connectivity index (χ0) is 19.2. The number of ether oxygens (including phenoxy) is 2. The van der Waals surface area contributed by atoms with Crippen molar-refractivity contribution in [3.63, 3.8) is 0 Å². The molecule has 2 rings (SSSR count). The van der Waals surface area contributed by atoms with Gasteiger partial charge in [0.1, 0.15) is 5.82 Å². The fraction of sp³-hybridized carbons (Fsp3) is 0.611. The van der Waals surface area contributed by atoms with Crippen LogP contribution in [-0.2, 0) is 9.47 Å². The Labute approximate surface area is 150 Å². The Bertz CT molecular complexity index is 494. The van der Waals surface area contributed by atoms with Crippen molar-refractivity contribution in [3.8, 4) is 0 Å². The van der Waals surface area contributed by atoms with Crippen LogP contribution in [0, 0.1) is 5.82 Å². The average molecular weight is 357 g/mol. The number of anilines is 2. The fourth-order valence-electron chi connectivity index (χ4n) is 2.09. The van der Waals surface area contributed by atoms with E-state index in [0.717, 1.165) is 6.54 Å². The van der Waals surface area contributed by atoms with Crippen molar-refractivity contribution in [2.75, 3.05) is 56.3 Å². The monoisotopic (exact) mass is 357 g/mol. The molecule has 1 aromatic rings. The molecule has 0 unspecified atom stereocenters. The molecule has 1 aliphatic heterocycles. The van der Waals surface area contributed by atoms with E-state index in [1.165, 1.54) is 11.0 Å². The second-order valence-corrected chi connectivity index (χ2v) is 4.90. The molecule has 6 nitrogen and oxygen atoms in total. The van der Waals surface area contributed by atoms with E-state index >= 15 is 0 Å². The molecular formula is C18H32FN3O3.